The first-order valence-corrected chi connectivity index (χ1v) is 8.81. The van der Waals surface area contributed by atoms with Gasteiger partial charge in [-0.2, -0.15) is 0 Å². The molecular weight excluding hydrogens is 278 g/mol. The van der Waals surface area contributed by atoms with Crippen molar-refractivity contribution in [2.45, 2.75) is 51.0 Å². The molecule has 21 heavy (non-hydrogen) atoms. The molecule has 0 amide bonds. The average Bonchev–Trinajstić information content (AvgIpc) is 2.96. The first-order valence-electron chi connectivity index (χ1n) is 7.93. The van der Waals surface area contributed by atoms with E-state index in [4.69, 9.17) is 4.98 Å². The maximum absolute atomic E-state index is 11.0. The molecule has 1 aromatic carbocycles. The van der Waals surface area contributed by atoms with Gasteiger partial charge in [-0.05, 0) is 18.8 Å². The Morgan fingerprint density at radius 1 is 1.29 bits per heavy atom. The Balaban J connectivity index is 1.77. The van der Waals surface area contributed by atoms with Gasteiger partial charge in [0.1, 0.15) is 0 Å². The van der Waals surface area contributed by atoms with Crippen molar-refractivity contribution in [1.29, 1.82) is 0 Å². The molecule has 1 aromatic heterocycles. The minimum Gasteiger partial charge on any atom is -0.389 e. The maximum Gasteiger partial charge on any atom is 0.0961 e. The van der Waals surface area contributed by atoms with Crippen LogP contribution in [0.1, 0.15) is 44.0 Å². The quantitative estimate of drug-likeness (QED) is 0.889. The van der Waals surface area contributed by atoms with Crippen LogP contribution >= 0.6 is 11.3 Å². The summed E-state index contributed by atoms with van der Waals surface area (Å²) < 4.78 is 0. The van der Waals surface area contributed by atoms with E-state index < -0.39 is 5.60 Å². The molecule has 2 aromatic rings. The van der Waals surface area contributed by atoms with Crippen LogP contribution in [0.15, 0.2) is 35.7 Å². The summed E-state index contributed by atoms with van der Waals surface area (Å²) >= 11 is 1.68. The number of hydrogen-bond acceptors (Lipinski definition) is 3. The fourth-order valence-electron chi connectivity index (χ4n) is 3.51. The third kappa shape index (κ3) is 3.19. The average molecular weight is 301 g/mol. The maximum atomic E-state index is 11.0. The fraction of sp³-hybridized carbons (Fsp3) is 0.500. The molecule has 3 heteroatoms. The Morgan fingerprint density at radius 3 is 2.86 bits per heavy atom. The van der Waals surface area contributed by atoms with Gasteiger partial charge in [-0.25, -0.2) is 4.98 Å². The second-order valence-corrected chi connectivity index (χ2v) is 7.07. The molecule has 3 rings (SSSR count). The largest absolute Gasteiger partial charge is 0.389 e. The van der Waals surface area contributed by atoms with Crippen molar-refractivity contribution in [2.75, 3.05) is 0 Å². The summed E-state index contributed by atoms with van der Waals surface area (Å²) in [6, 6.07) is 10.3. The zero-order chi connectivity index (χ0) is 14.7. The molecule has 1 saturated carbocycles. The van der Waals surface area contributed by atoms with Gasteiger partial charge in [-0.1, -0.05) is 56.5 Å². The van der Waals surface area contributed by atoms with Crippen molar-refractivity contribution in [2.24, 2.45) is 5.92 Å². The Labute approximate surface area is 130 Å². The first-order chi connectivity index (χ1) is 10.2. The minimum absolute atomic E-state index is 0.426. The van der Waals surface area contributed by atoms with Crippen LogP contribution in [0.5, 0.6) is 0 Å². The van der Waals surface area contributed by atoms with E-state index in [9.17, 15) is 5.11 Å². The molecule has 0 radical (unpaired) electrons. The van der Waals surface area contributed by atoms with E-state index in [2.05, 4.69) is 24.4 Å². The number of aliphatic hydroxyl groups is 1. The van der Waals surface area contributed by atoms with Crippen LogP contribution in [0, 0.1) is 5.92 Å². The van der Waals surface area contributed by atoms with Crippen molar-refractivity contribution < 1.29 is 5.11 Å². The van der Waals surface area contributed by atoms with E-state index in [1.54, 1.807) is 11.3 Å². The Hall–Kier alpha value is -1.19. The topological polar surface area (TPSA) is 33.1 Å². The van der Waals surface area contributed by atoms with E-state index in [1.165, 1.54) is 6.42 Å². The summed E-state index contributed by atoms with van der Waals surface area (Å²) in [5, 5.41) is 14.2. The van der Waals surface area contributed by atoms with Gasteiger partial charge in [-0.15, -0.1) is 11.3 Å². The van der Waals surface area contributed by atoms with Gasteiger partial charge in [0.05, 0.1) is 16.3 Å². The molecule has 0 aliphatic heterocycles. The first kappa shape index (κ1) is 14.7. The number of benzene rings is 1. The summed E-state index contributed by atoms with van der Waals surface area (Å²) in [7, 11) is 0. The SMILES string of the molecule is CCC1CCCCC1(O)Cc1nc(-c2ccccc2)cs1. The Kier molecular flexibility index (Phi) is 4.41. The highest BCUT2D eigenvalue weighted by atomic mass is 32.1. The molecule has 1 aliphatic rings. The number of nitrogens with zero attached hydrogens (tertiary/aromatic N) is 1. The van der Waals surface area contributed by atoms with Crippen molar-refractivity contribution >= 4 is 11.3 Å². The second kappa shape index (κ2) is 6.29. The monoisotopic (exact) mass is 301 g/mol. The molecule has 1 fully saturated rings. The van der Waals surface area contributed by atoms with Crippen molar-refractivity contribution in [3.63, 3.8) is 0 Å². The summed E-state index contributed by atoms with van der Waals surface area (Å²) in [5.41, 5.74) is 1.64. The Morgan fingerprint density at radius 2 is 2.10 bits per heavy atom. The smallest absolute Gasteiger partial charge is 0.0961 e. The van der Waals surface area contributed by atoms with Crippen molar-refractivity contribution in [1.82, 2.24) is 4.98 Å². The summed E-state index contributed by atoms with van der Waals surface area (Å²) in [5.74, 6) is 0.426. The highest BCUT2D eigenvalue weighted by Gasteiger charge is 2.38. The molecule has 1 N–H and O–H groups in total. The summed E-state index contributed by atoms with van der Waals surface area (Å²) in [6.45, 7) is 2.19. The van der Waals surface area contributed by atoms with Crippen molar-refractivity contribution in [3.8, 4) is 11.3 Å². The van der Waals surface area contributed by atoms with E-state index in [0.717, 1.165) is 41.9 Å². The number of hydrogen-bond donors (Lipinski definition) is 1. The highest BCUT2D eigenvalue weighted by molar-refractivity contribution is 7.09. The van der Waals surface area contributed by atoms with Gasteiger partial charge >= 0.3 is 0 Å². The Bertz CT molecular complexity index is 580. The lowest BCUT2D eigenvalue weighted by atomic mass is 9.72. The summed E-state index contributed by atoms with van der Waals surface area (Å²) in [4.78, 5) is 4.75. The standard InChI is InChI=1S/C18H23NOS/c1-2-15-10-6-7-11-18(15,20)12-17-19-16(13-21-17)14-8-4-3-5-9-14/h3-5,8-9,13,15,20H,2,6-7,10-12H2,1H3. The van der Waals surface area contributed by atoms with Crippen LogP contribution in [0.25, 0.3) is 11.3 Å². The molecule has 2 atom stereocenters. The molecule has 2 unspecified atom stereocenters. The van der Waals surface area contributed by atoms with E-state index in [1.807, 2.05) is 18.2 Å². The lowest BCUT2D eigenvalue weighted by Crippen LogP contribution is -2.42. The van der Waals surface area contributed by atoms with Crippen LogP contribution in [0.3, 0.4) is 0 Å². The lowest BCUT2D eigenvalue weighted by molar-refractivity contribution is -0.0491. The van der Waals surface area contributed by atoms with E-state index in [-0.39, 0.29) is 0 Å². The molecule has 112 valence electrons. The number of thiazole rings is 1. The van der Waals surface area contributed by atoms with Crippen LogP contribution < -0.4 is 0 Å². The minimum atomic E-state index is -0.543. The lowest BCUT2D eigenvalue weighted by Gasteiger charge is -2.39. The fourth-order valence-corrected chi connectivity index (χ4v) is 4.43. The molecule has 0 spiro atoms. The predicted molar refractivity (Wildman–Crippen MR) is 88.5 cm³/mol. The van der Waals surface area contributed by atoms with Crippen LogP contribution in [0.4, 0.5) is 0 Å². The van der Waals surface area contributed by atoms with Crippen LogP contribution in [-0.4, -0.2) is 15.7 Å². The number of rotatable bonds is 4. The molecule has 2 nitrogen and oxygen atoms in total. The summed E-state index contributed by atoms with van der Waals surface area (Å²) in [6.07, 6.45) is 6.25. The van der Waals surface area contributed by atoms with Crippen LogP contribution in [-0.2, 0) is 6.42 Å². The number of aromatic nitrogens is 1. The third-order valence-electron chi connectivity index (χ3n) is 4.74. The molecule has 1 heterocycles. The third-order valence-corrected chi connectivity index (χ3v) is 5.59. The van der Waals surface area contributed by atoms with Gasteiger partial charge in [0.25, 0.3) is 0 Å². The molecular formula is C18H23NOS. The van der Waals surface area contributed by atoms with Crippen LogP contribution in [0.2, 0.25) is 0 Å². The van der Waals surface area contributed by atoms with E-state index in [0.29, 0.717) is 12.3 Å². The zero-order valence-electron chi connectivity index (χ0n) is 12.6. The van der Waals surface area contributed by atoms with Gasteiger partial charge in [0, 0.05) is 17.4 Å². The van der Waals surface area contributed by atoms with Gasteiger partial charge < -0.3 is 5.11 Å². The normalized spacial score (nSPS) is 25.9. The molecule has 0 saturated heterocycles. The molecule has 0 bridgehead atoms. The molecule has 1 aliphatic carbocycles. The second-order valence-electron chi connectivity index (χ2n) is 6.12. The van der Waals surface area contributed by atoms with Gasteiger partial charge in [0.15, 0.2) is 0 Å². The van der Waals surface area contributed by atoms with E-state index >= 15 is 0 Å². The zero-order valence-corrected chi connectivity index (χ0v) is 13.4. The van der Waals surface area contributed by atoms with Gasteiger partial charge in [0.2, 0.25) is 0 Å². The highest BCUT2D eigenvalue weighted by Crippen LogP contribution is 2.39. The predicted octanol–water partition coefficient (Wildman–Crippen LogP) is 4.68. The van der Waals surface area contributed by atoms with Gasteiger partial charge in [-0.3, -0.25) is 0 Å². The van der Waals surface area contributed by atoms with Crippen molar-refractivity contribution in [3.05, 3.63) is 40.7 Å².